The molecule has 2 heterocycles. The molecule has 0 bridgehead atoms. The van der Waals surface area contributed by atoms with Gasteiger partial charge in [0.1, 0.15) is 5.82 Å². The molecule has 27 heavy (non-hydrogen) atoms. The number of allylic oxidation sites excluding steroid dienone is 3. The lowest BCUT2D eigenvalue weighted by molar-refractivity contribution is 0.182. The Hall–Kier alpha value is -3.06. The summed E-state index contributed by atoms with van der Waals surface area (Å²) in [5.74, 6) is 0.934. The van der Waals surface area contributed by atoms with E-state index in [1.54, 1.807) is 19.3 Å². The molecule has 0 saturated carbocycles. The molecular weight excluding hydrogens is 340 g/mol. The molecule has 1 aromatic carbocycles. The van der Waals surface area contributed by atoms with E-state index in [1.165, 1.54) is 6.20 Å². The van der Waals surface area contributed by atoms with Gasteiger partial charge in [0.25, 0.3) is 0 Å². The van der Waals surface area contributed by atoms with Crippen LogP contribution in [0, 0.1) is 5.41 Å². The van der Waals surface area contributed by atoms with Crippen LogP contribution in [0.2, 0.25) is 0 Å². The first kappa shape index (κ1) is 18.7. The molecule has 0 spiro atoms. The number of nitrogen functional groups attached to an aromatic ring is 1. The summed E-state index contributed by atoms with van der Waals surface area (Å²) in [5, 5.41) is 21.8. The summed E-state index contributed by atoms with van der Waals surface area (Å²) in [6, 6.07) is 5.53. The van der Waals surface area contributed by atoms with Crippen LogP contribution in [0.5, 0.6) is 0 Å². The monoisotopic (exact) mass is 366 g/mol. The lowest BCUT2D eigenvalue weighted by Gasteiger charge is -2.26. The van der Waals surface area contributed by atoms with Gasteiger partial charge in [-0.1, -0.05) is 12.1 Å². The maximum Gasteiger partial charge on any atom is 0.102 e. The molecule has 0 amide bonds. The van der Waals surface area contributed by atoms with Gasteiger partial charge >= 0.3 is 0 Å². The highest BCUT2D eigenvalue weighted by molar-refractivity contribution is 6.17. The first-order valence-corrected chi connectivity index (χ1v) is 8.95. The van der Waals surface area contributed by atoms with E-state index in [9.17, 15) is 5.11 Å². The highest BCUT2D eigenvalue weighted by Gasteiger charge is 2.24. The summed E-state index contributed by atoms with van der Waals surface area (Å²) in [4.78, 5) is 6.13. The second-order valence-corrected chi connectivity index (χ2v) is 6.64. The third kappa shape index (κ3) is 4.03. The molecule has 0 radical (unpaired) electrons. The first-order chi connectivity index (χ1) is 13.0. The zero-order chi connectivity index (χ0) is 19.4. The number of dihydropyridines is 1. The number of aliphatic imine (C=N–C) groups is 1. The van der Waals surface area contributed by atoms with Crippen LogP contribution in [0.3, 0.4) is 0 Å². The molecule has 7 N–H and O–H groups in total. The number of benzene rings is 1. The van der Waals surface area contributed by atoms with Gasteiger partial charge in [0, 0.05) is 61.5 Å². The smallest absolute Gasteiger partial charge is 0.102 e. The molecule has 1 aromatic rings. The Morgan fingerprint density at radius 3 is 2.93 bits per heavy atom. The molecule has 1 atom stereocenters. The van der Waals surface area contributed by atoms with Gasteiger partial charge in [0.2, 0.25) is 0 Å². The van der Waals surface area contributed by atoms with Gasteiger partial charge in [-0.3, -0.25) is 10.4 Å². The van der Waals surface area contributed by atoms with E-state index in [1.807, 2.05) is 24.3 Å². The summed E-state index contributed by atoms with van der Waals surface area (Å²) >= 11 is 0. The van der Waals surface area contributed by atoms with Gasteiger partial charge < -0.3 is 26.8 Å². The summed E-state index contributed by atoms with van der Waals surface area (Å²) in [6.07, 6.45) is 7.56. The minimum absolute atomic E-state index is 0.296. The van der Waals surface area contributed by atoms with Crippen molar-refractivity contribution in [3.63, 3.8) is 0 Å². The number of hydrogen-bond acceptors (Lipinski definition) is 7. The van der Waals surface area contributed by atoms with Crippen LogP contribution in [-0.4, -0.2) is 54.7 Å². The van der Waals surface area contributed by atoms with E-state index < -0.39 is 0 Å². The van der Waals surface area contributed by atoms with Crippen LogP contribution in [0.4, 0.5) is 5.69 Å². The first-order valence-electron chi connectivity index (χ1n) is 8.95. The third-order valence-corrected chi connectivity index (χ3v) is 4.79. The Morgan fingerprint density at radius 1 is 1.44 bits per heavy atom. The number of likely N-dealkylation sites (tertiary alicyclic amines) is 1. The number of β-amino-alcohol motifs (C(OH)–C–C–N with tert-alkyl or cyclic N) is 1. The van der Waals surface area contributed by atoms with Gasteiger partial charge in [-0.05, 0) is 30.2 Å². The highest BCUT2D eigenvalue weighted by Crippen LogP contribution is 2.24. The number of anilines is 1. The molecule has 0 aromatic heterocycles. The van der Waals surface area contributed by atoms with Crippen LogP contribution < -0.4 is 16.8 Å². The number of rotatable bonds is 5. The molecule has 2 aliphatic rings. The SMILES string of the molecule is CN=CC(=CN)c1ccc(N)c(C(=N)C2=CCNC(N3CC[C@@H](O)C3)=C2)c1. The van der Waals surface area contributed by atoms with Crippen molar-refractivity contribution in [2.45, 2.75) is 12.5 Å². The predicted molar refractivity (Wildman–Crippen MR) is 111 cm³/mol. The second kappa shape index (κ2) is 8.09. The van der Waals surface area contributed by atoms with Gasteiger partial charge in [0.15, 0.2) is 0 Å². The maximum absolute atomic E-state index is 9.77. The summed E-state index contributed by atoms with van der Waals surface area (Å²) in [6.45, 7) is 2.05. The van der Waals surface area contributed by atoms with Gasteiger partial charge in [-0.15, -0.1) is 0 Å². The zero-order valence-electron chi connectivity index (χ0n) is 15.4. The van der Waals surface area contributed by atoms with E-state index in [0.717, 1.165) is 35.5 Å². The minimum atomic E-state index is -0.296. The number of nitrogens with two attached hydrogens (primary N) is 2. The van der Waals surface area contributed by atoms with Crippen LogP contribution in [0.1, 0.15) is 17.5 Å². The maximum atomic E-state index is 9.77. The second-order valence-electron chi connectivity index (χ2n) is 6.64. The Labute approximate surface area is 159 Å². The van der Waals surface area contributed by atoms with Crippen molar-refractivity contribution in [1.29, 1.82) is 5.41 Å². The van der Waals surface area contributed by atoms with Gasteiger partial charge in [0.05, 0.1) is 11.8 Å². The Kier molecular flexibility index (Phi) is 5.61. The van der Waals surface area contributed by atoms with Crippen molar-refractivity contribution in [2.24, 2.45) is 10.7 Å². The molecule has 0 unspecified atom stereocenters. The van der Waals surface area contributed by atoms with Crippen LogP contribution in [0.15, 0.2) is 52.9 Å². The highest BCUT2D eigenvalue weighted by atomic mass is 16.3. The topological polar surface area (TPSA) is 124 Å². The molecule has 1 saturated heterocycles. The van der Waals surface area contributed by atoms with E-state index in [4.69, 9.17) is 16.9 Å². The minimum Gasteiger partial charge on any atom is -0.404 e. The molecule has 7 heteroatoms. The fourth-order valence-corrected chi connectivity index (χ4v) is 3.32. The average Bonchev–Trinajstić information content (AvgIpc) is 3.12. The largest absolute Gasteiger partial charge is 0.404 e. The summed E-state index contributed by atoms with van der Waals surface area (Å²) in [5.41, 5.74) is 15.8. The van der Waals surface area contributed by atoms with Crippen LogP contribution in [0.25, 0.3) is 5.57 Å². The number of aliphatic hydroxyl groups is 1. The van der Waals surface area contributed by atoms with Crippen molar-refractivity contribution >= 4 is 23.2 Å². The number of aliphatic hydroxyl groups excluding tert-OH is 1. The lowest BCUT2D eigenvalue weighted by atomic mass is 9.95. The summed E-state index contributed by atoms with van der Waals surface area (Å²) in [7, 11) is 1.69. The number of hydrogen-bond donors (Lipinski definition) is 5. The van der Waals surface area contributed by atoms with Crippen LogP contribution >= 0.6 is 0 Å². The molecular formula is C20H26N6O. The summed E-state index contributed by atoms with van der Waals surface area (Å²) < 4.78 is 0. The quantitative estimate of drug-likeness (QED) is 0.394. The molecule has 2 aliphatic heterocycles. The normalized spacial score (nSPS) is 20.4. The third-order valence-electron chi connectivity index (χ3n) is 4.79. The average molecular weight is 366 g/mol. The van der Waals surface area contributed by atoms with E-state index in [-0.39, 0.29) is 6.10 Å². The molecule has 3 rings (SSSR count). The predicted octanol–water partition coefficient (Wildman–Crippen LogP) is 1.07. The number of nitrogens with zero attached hydrogens (tertiary/aromatic N) is 2. The van der Waals surface area contributed by atoms with Gasteiger partial charge in [-0.25, -0.2) is 0 Å². The van der Waals surface area contributed by atoms with E-state index in [0.29, 0.717) is 30.1 Å². The zero-order valence-corrected chi connectivity index (χ0v) is 15.4. The fraction of sp³-hybridized carbons (Fsp3) is 0.300. The van der Waals surface area contributed by atoms with E-state index in [2.05, 4.69) is 15.2 Å². The Bertz CT molecular complexity index is 852. The molecule has 1 fully saturated rings. The Balaban J connectivity index is 1.89. The van der Waals surface area contributed by atoms with Crippen molar-refractivity contribution < 1.29 is 5.11 Å². The van der Waals surface area contributed by atoms with Gasteiger partial charge in [-0.2, -0.15) is 0 Å². The lowest BCUT2D eigenvalue weighted by Crippen LogP contribution is -2.33. The number of nitrogens with one attached hydrogen (secondary N) is 2. The molecule has 142 valence electrons. The van der Waals surface area contributed by atoms with Crippen molar-refractivity contribution in [3.05, 3.63) is 59.1 Å². The Morgan fingerprint density at radius 2 is 2.26 bits per heavy atom. The fourth-order valence-electron chi connectivity index (χ4n) is 3.32. The standard InChI is InChI=1S/C20H26N6O/c1-24-11-15(10-21)13-2-3-18(22)17(8-13)20(23)14-4-6-25-19(9-14)26-7-5-16(27)12-26/h2-4,8-11,16,23,25,27H,5-7,12,21-22H2,1H3/t16-/m1/s1. The van der Waals surface area contributed by atoms with Crippen molar-refractivity contribution in [2.75, 3.05) is 32.4 Å². The molecule has 7 nitrogen and oxygen atoms in total. The van der Waals surface area contributed by atoms with Crippen molar-refractivity contribution in [1.82, 2.24) is 10.2 Å². The van der Waals surface area contributed by atoms with E-state index >= 15 is 0 Å². The molecule has 0 aliphatic carbocycles. The van der Waals surface area contributed by atoms with Crippen LogP contribution in [-0.2, 0) is 0 Å². The van der Waals surface area contributed by atoms with Crippen molar-refractivity contribution in [3.8, 4) is 0 Å².